The molecule has 0 saturated carbocycles. The van der Waals surface area contributed by atoms with Gasteiger partial charge in [0.05, 0.1) is 0 Å². The highest BCUT2D eigenvalue weighted by Gasteiger charge is 2.09. The number of rotatable bonds is 6. The number of anilines is 1. The van der Waals surface area contributed by atoms with Gasteiger partial charge >= 0.3 is 0 Å². The molecular formula is C19H19N3O. The Hall–Kier alpha value is -2.93. The fourth-order valence-corrected chi connectivity index (χ4v) is 2.11. The molecule has 4 heteroatoms. The van der Waals surface area contributed by atoms with Crippen molar-refractivity contribution in [2.24, 2.45) is 0 Å². The molecule has 23 heavy (non-hydrogen) atoms. The minimum Gasteiger partial charge on any atom is -0.321 e. The molecule has 0 bridgehead atoms. The highest BCUT2D eigenvalue weighted by atomic mass is 16.1. The van der Waals surface area contributed by atoms with Crippen molar-refractivity contribution in [3.05, 3.63) is 65.5 Å². The molecule has 2 rings (SSSR count). The fourth-order valence-electron chi connectivity index (χ4n) is 2.11. The second kappa shape index (κ2) is 8.50. The summed E-state index contributed by atoms with van der Waals surface area (Å²) in [7, 11) is 0. The number of nitrogens with one attached hydrogen (secondary N) is 1. The minimum absolute atomic E-state index is 0.0491. The first-order chi connectivity index (χ1) is 11.2. The normalized spacial score (nSPS) is 10.9. The lowest BCUT2D eigenvalue weighted by molar-refractivity contribution is -0.112. The maximum atomic E-state index is 12.2. The fraction of sp³-hybridized carbons (Fsp3) is 0.211. The summed E-state index contributed by atoms with van der Waals surface area (Å²) in [5.74, 6) is -0.419. The van der Waals surface area contributed by atoms with Crippen LogP contribution in [-0.4, -0.2) is 10.9 Å². The molecule has 116 valence electrons. The van der Waals surface area contributed by atoms with E-state index in [-0.39, 0.29) is 5.57 Å². The zero-order chi connectivity index (χ0) is 16.5. The Balaban J connectivity index is 2.05. The number of nitriles is 1. The van der Waals surface area contributed by atoms with Crippen LogP contribution in [0.2, 0.25) is 0 Å². The van der Waals surface area contributed by atoms with Crippen LogP contribution < -0.4 is 5.32 Å². The number of nitrogens with zero attached hydrogens (tertiary/aromatic N) is 2. The van der Waals surface area contributed by atoms with Crippen molar-refractivity contribution in [3.8, 4) is 6.07 Å². The van der Waals surface area contributed by atoms with Gasteiger partial charge in [-0.15, -0.1) is 0 Å². The molecule has 1 heterocycles. The van der Waals surface area contributed by atoms with Gasteiger partial charge in [0.1, 0.15) is 11.6 Å². The van der Waals surface area contributed by atoms with E-state index in [0.717, 1.165) is 19.3 Å². The second-order valence-corrected chi connectivity index (χ2v) is 5.21. The summed E-state index contributed by atoms with van der Waals surface area (Å²) in [6, 6.07) is 13.2. The number of aromatic nitrogens is 1. The van der Waals surface area contributed by atoms with Crippen LogP contribution in [-0.2, 0) is 11.2 Å². The zero-order valence-electron chi connectivity index (χ0n) is 13.1. The van der Waals surface area contributed by atoms with E-state index in [1.54, 1.807) is 24.5 Å². The van der Waals surface area contributed by atoms with E-state index < -0.39 is 5.91 Å². The molecule has 4 nitrogen and oxygen atoms in total. The topological polar surface area (TPSA) is 65.8 Å². The lowest BCUT2D eigenvalue weighted by atomic mass is 10.1. The first kappa shape index (κ1) is 16.4. The highest BCUT2D eigenvalue weighted by Crippen LogP contribution is 2.13. The average molecular weight is 305 g/mol. The first-order valence-electron chi connectivity index (χ1n) is 7.65. The lowest BCUT2D eigenvalue weighted by Gasteiger charge is -2.06. The quantitative estimate of drug-likeness (QED) is 0.648. The molecule has 1 N–H and O–H groups in total. The Morgan fingerprint density at radius 1 is 1.30 bits per heavy atom. The average Bonchev–Trinajstić information content (AvgIpc) is 2.60. The smallest absolute Gasteiger partial charge is 0.266 e. The Kier molecular flexibility index (Phi) is 6.07. The van der Waals surface area contributed by atoms with Crippen molar-refractivity contribution in [2.75, 3.05) is 5.32 Å². The standard InChI is InChI=1S/C19H19N3O/c1-2-3-5-15-7-9-18(10-8-15)22-19(23)17(13-20)12-16-6-4-11-21-14-16/h4,6-12,14H,2-3,5H2,1H3,(H,22,23). The minimum atomic E-state index is -0.419. The van der Waals surface area contributed by atoms with Crippen molar-refractivity contribution in [2.45, 2.75) is 26.2 Å². The van der Waals surface area contributed by atoms with Crippen LogP contribution in [0.5, 0.6) is 0 Å². The summed E-state index contributed by atoms with van der Waals surface area (Å²) in [5.41, 5.74) is 2.70. The lowest BCUT2D eigenvalue weighted by Crippen LogP contribution is -2.13. The number of unbranched alkanes of at least 4 members (excludes halogenated alkanes) is 1. The predicted molar refractivity (Wildman–Crippen MR) is 91.5 cm³/mol. The molecule has 0 spiro atoms. The number of hydrogen-bond donors (Lipinski definition) is 1. The van der Waals surface area contributed by atoms with Gasteiger partial charge < -0.3 is 5.32 Å². The van der Waals surface area contributed by atoms with Gasteiger partial charge in [-0.1, -0.05) is 31.5 Å². The molecule has 0 aliphatic heterocycles. The summed E-state index contributed by atoms with van der Waals surface area (Å²) in [4.78, 5) is 16.1. The Morgan fingerprint density at radius 2 is 2.09 bits per heavy atom. The van der Waals surface area contributed by atoms with Crippen LogP contribution in [0, 0.1) is 11.3 Å². The van der Waals surface area contributed by atoms with Gasteiger partial charge in [-0.05, 0) is 48.2 Å². The predicted octanol–water partition coefficient (Wildman–Crippen LogP) is 3.97. The van der Waals surface area contributed by atoms with Crippen LogP contribution >= 0.6 is 0 Å². The third-order valence-corrected chi connectivity index (χ3v) is 3.39. The monoisotopic (exact) mass is 305 g/mol. The molecule has 1 aromatic carbocycles. The third kappa shape index (κ3) is 5.08. The van der Waals surface area contributed by atoms with Crippen LogP contribution in [0.25, 0.3) is 6.08 Å². The summed E-state index contributed by atoms with van der Waals surface area (Å²) in [6.07, 6.45) is 8.12. The zero-order valence-corrected chi connectivity index (χ0v) is 13.1. The van der Waals surface area contributed by atoms with E-state index in [0.29, 0.717) is 11.3 Å². The van der Waals surface area contributed by atoms with Crippen LogP contribution in [0.15, 0.2) is 54.4 Å². The number of amides is 1. The van der Waals surface area contributed by atoms with Crippen molar-refractivity contribution >= 4 is 17.7 Å². The molecule has 0 atom stereocenters. The van der Waals surface area contributed by atoms with Crippen molar-refractivity contribution in [1.29, 1.82) is 5.26 Å². The summed E-state index contributed by atoms with van der Waals surface area (Å²) in [5, 5.41) is 11.9. The molecule has 0 fully saturated rings. The number of carbonyl (C=O) groups excluding carboxylic acids is 1. The highest BCUT2D eigenvalue weighted by molar-refractivity contribution is 6.09. The summed E-state index contributed by atoms with van der Waals surface area (Å²) in [6.45, 7) is 2.16. The SMILES string of the molecule is CCCCc1ccc(NC(=O)C(C#N)=Cc2cccnc2)cc1. The van der Waals surface area contributed by atoms with E-state index in [1.807, 2.05) is 30.3 Å². The number of pyridine rings is 1. The maximum Gasteiger partial charge on any atom is 0.266 e. The van der Waals surface area contributed by atoms with Gasteiger partial charge in [0, 0.05) is 18.1 Å². The van der Waals surface area contributed by atoms with Gasteiger partial charge in [0.25, 0.3) is 5.91 Å². The molecule has 1 aromatic heterocycles. The molecule has 0 aliphatic carbocycles. The Labute approximate surface area is 136 Å². The van der Waals surface area contributed by atoms with Gasteiger partial charge in [-0.2, -0.15) is 5.26 Å². The number of carbonyl (C=O) groups is 1. The van der Waals surface area contributed by atoms with Gasteiger partial charge in [0.15, 0.2) is 0 Å². The number of benzene rings is 1. The van der Waals surface area contributed by atoms with Gasteiger partial charge in [-0.25, -0.2) is 0 Å². The number of aryl methyl sites for hydroxylation is 1. The largest absolute Gasteiger partial charge is 0.321 e. The molecule has 0 radical (unpaired) electrons. The molecule has 1 amide bonds. The van der Waals surface area contributed by atoms with Crippen LogP contribution in [0.3, 0.4) is 0 Å². The first-order valence-corrected chi connectivity index (χ1v) is 7.65. The van der Waals surface area contributed by atoms with Crippen molar-refractivity contribution < 1.29 is 4.79 Å². The van der Waals surface area contributed by atoms with Crippen LogP contribution in [0.4, 0.5) is 5.69 Å². The van der Waals surface area contributed by atoms with Gasteiger partial charge in [0.2, 0.25) is 0 Å². The molecule has 2 aromatic rings. The molecular weight excluding hydrogens is 286 g/mol. The summed E-state index contributed by atoms with van der Waals surface area (Å²) < 4.78 is 0. The van der Waals surface area contributed by atoms with E-state index in [9.17, 15) is 10.1 Å². The number of hydrogen-bond acceptors (Lipinski definition) is 3. The van der Waals surface area contributed by atoms with Gasteiger partial charge in [-0.3, -0.25) is 9.78 Å². The third-order valence-electron chi connectivity index (χ3n) is 3.39. The Bertz CT molecular complexity index is 713. The maximum absolute atomic E-state index is 12.2. The molecule has 0 aliphatic rings. The van der Waals surface area contributed by atoms with Crippen molar-refractivity contribution in [3.63, 3.8) is 0 Å². The Morgan fingerprint density at radius 3 is 2.70 bits per heavy atom. The van der Waals surface area contributed by atoms with Crippen LogP contribution in [0.1, 0.15) is 30.9 Å². The van der Waals surface area contributed by atoms with E-state index in [4.69, 9.17) is 0 Å². The van der Waals surface area contributed by atoms with E-state index >= 15 is 0 Å². The van der Waals surface area contributed by atoms with E-state index in [1.165, 1.54) is 11.6 Å². The molecule has 0 saturated heterocycles. The van der Waals surface area contributed by atoms with Crippen molar-refractivity contribution in [1.82, 2.24) is 4.98 Å². The molecule has 0 unspecified atom stereocenters. The second-order valence-electron chi connectivity index (χ2n) is 5.21. The van der Waals surface area contributed by atoms with E-state index in [2.05, 4.69) is 17.2 Å². The summed E-state index contributed by atoms with van der Waals surface area (Å²) >= 11 is 0.